The summed E-state index contributed by atoms with van der Waals surface area (Å²) >= 11 is 5.99. The molecule has 5 heteroatoms. The van der Waals surface area contributed by atoms with Crippen LogP contribution >= 0.6 is 11.6 Å². The Bertz CT molecular complexity index is 673. The number of nitrogens with two attached hydrogens (primary N) is 1. The number of hydrogen-bond acceptors (Lipinski definition) is 3. The Labute approximate surface area is 102 Å². The van der Waals surface area contributed by atoms with Gasteiger partial charge in [0.25, 0.3) is 0 Å². The molecule has 17 heavy (non-hydrogen) atoms. The molecule has 0 aliphatic rings. The highest BCUT2D eigenvalue weighted by Gasteiger charge is 2.07. The molecule has 0 saturated heterocycles. The second-order valence-electron chi connectivity index (χ2n) is 3.73. The highest BCUT2D eigenvalue weighted by molar-refractivity contribution is 6.34. The van der Waals surface area contributed by atoms with Gasteiger partial charge in [-0.15, -0.1) is 0 Å². The van der Waals surface area contributed by atoms with E-state index >= 15 is 0 Å². The van der Waals surface area contributed by atoms with Gasteiger partial charge in [-0.05, 0) is 23.8 Å². The van der Waals surface area contributed by atoms with Gasteiger partial charge in [-0.1, -0.05) is 23.7 Å². The number of benzene rings is 1. The Hall–Kier alpha value is -2.07. The van der Waals surface area contributed by atoms with Crippen LogP contribution in [0.15, 0.2) is 36.7 Å². The Balaban J connectivity index is 2.18. The lowest BCUT2D eigenvalue weighted by molar-refractivity contribution is 1.20. The maximum Gasteiger partial charge on any atom is 0.142 e. The molecule has 4 nitrogen and oxygen atoms in total. The molecule has 0 fully saturated rings. The first-order valence-electron chi connectivity index (χ1n) is 5.09. The molecule has 2 aromatic heterocycles. The minimum absolute atomic E-state index is 0.452. The maximum absolute atomic E-state index is 5.99. The molecular formula is C12H9ClN4. The molecule has 0 spiro atoms. The molecule has 84 valence electrons. The van der Waals surface area contributed by atoms with Crippen molar-refractivity contribution in [3.8, 4) is 11.3 Å². The third kappa shape index (κ3) is 1.72. The highest BCUT2D eigenvalue weighted by atomic mass is 35.5. The van der Waals surface area contributed by atoms with E-state index in [4.69, 9.17) is 17.3 Å². The summed E-state index contributed by atoms with van der Waals surface area (Å²) in [5, 5.41) is 1.27. The van der Waals surface area contributed by atoms with Crippen molar-refractivity contribution in [2.24, 2.45) is 0 Å². The molecule has 0 bridgehead atoms. The number of H-pyrrole nitrogens is 1. The van der Waals surface area contributed by atoms with Crippen molar-refractivity contribution in [3.63, 3.8) is 0 Å². The zero-order valence-electron chi connectivity index (χ0n) is 8.81. The number of hydrogen-bond donors (Lipinski definition) is 2. The van der Waals surface area contributed by atoms with E-state index in [1.807, 2.05) is 30.3 Å². The molecule has 2 heterocycles. The molecule has 0 aliphatic heterocycles. The van der Waals surface area contributed by atoms with Gasteiger partial charge in [0.15, 0.2) is 0 Å². The zero-order chi connectivity index (χ0) is 11.8. The third-order valence-electron chi connectivity index (χ3n) is 2.60. The van der Waals surface area contributed by atoms with Gasteiger partial charge in [0, 0.05) is 11.4 Å². The largest absolute Gasteiger partial charge is 0.399 e. The maximum atomic E-state index is 5.99. The van der Waals surface area contributed by atoms with Crippen LogP contribution in [0.4, 0.5) is 5.69 Å². The summed E-state index contributed by atoms with van der Waals surface area (Å²) in [4.78, 5) is 11.3. The second-order valence-corrected chi connectivity index (χ2v) is 4.09. The quantitative estimate of drug-likeness (QED) is 0.511. The van der Waals surface area contributed by atoms with Crippen LogP contribution < -0.4 is 5.73 Å². The van der Waals surface area contributed by atoms with Crippen molar-refractivity contribution in [3.05, 3.63) is 41.8 Å². The van der Waals surface area contributed by atoms with E-state index < -0.39 is 0 Å². The lowest BCUT2D eigenvalue weighted by atomic mass is 10.1. The van der Waals surface area contributed by atoms with Crippen LogP contribution in [-0.2, 0) is 0 Å². The molecule has 0 atom stereocenters. The lowest BCUT2D eigenvalue weighted by Crippen LogP contribution is -1.83. The van der Waals surface area contributed by atoms with Gasteiger partial charge >= 0.3 is 0 Å². The summed E-state index contributed by atoms with van der Waals surface area (Å²) in [5.74, 6) is 0. The minimum atomic E-state index is 0.452. The lowest BCUT2D eigenvalue weighted by Gasteiger charge is -1.97. The van der Waals surface area contributed by atoms with E-state index in [9.17, 15) is 0 Å². The molecule has 0 unspecified atom stereocenters. The van der Waals surface area contributed by atoms with Crippen LogP contribution in [0.2, 0.25) is 5.15 Å². The van der Waals surface area contributed by atoms with E-state index in [0.717, 1.165) is 28.0 Å². The van der Waals surface area contributed by atoms with Gasteiger partial charge in [-0.3, -0.25) is 0 Å². The van der Waals surface area contributed by atoms with Gasteiger partial charge in [0.05, 0.1) is 5.39 Å². The van der Waals surface area contributed by atoms with Gasteiger partial charge in [-0.2, -0.15) is 0 Å². The molecule has 3 rings (SSSR count). The van der Waals surface area contributed by atoms with Gasteiger partial charge < -0.3 is 10.7 Å². The van der Waals surface area contributed by atoms with Crippen molar-refractivity contribution in [1.29, 1.82) is 0 Å². The Kier molecular flexibility index (Phi) is 2.23. The van der Waals surface area contributed by atoms with Crippen LogP contribution in [0.1, 0.15) is 0 Å². The molecule has 1 aromatic carbocycles. The van der Waals surface area contributed by atoms with E-state index in [1.165, 1.54) is 6.33 Å². The van der Waals surface area contributed by atoms with Crippen molar-refractivity contribution >= 4 is 28.3 Å². The van der Waals surface area contributed by atoms with Crippen molar-refractivity contribution < 1.29 is 0 Å². The standard InChI is InChI=1S/C12H9ClN4/c13-11-9-5-10(17-12(9)16-6-15-11)7-1-3-8(14)4-2-7/h1-6H,14H2,(H,15,16,17). The highest BCUT2D eigenvalue weighted by Crippen LogP contribution is 2.26. The monoisotopic (exact) mass is 244 g/mol. The van der Waals surface area contributed by atoms with Crippen molar-refractivity contribution in [2.75, 3.05) is 5.73 Å². The summed E-state index contributed by atoms with van der Waals surface area (Å²) in [6.07, 6.45) is 1.44. The molecule has 0 radical (unpaired) electrons. The SMILES string of the molecule is Nc1ccc(-c2cc3c(Cl)ncnc3[nH]2)cc1. The minimum Gasteiger partial charge on any atom is -0.399 e. The Morgan fingerprint density at radius 3 is 2.59 bits per heavy atom. The molecule has 0 amide bonds. The molecule has 3 N–H and O–H groups in total. The third-order valence-corrected chi connectivity index (χ3v) is 2.90. The average molecular weight is 245 g/mol. The number of aromatic nitrogens is 3. The summed E-state index contributed by atoms with van der Waals surface area (Å²) in [7, 11) is 0. The molecule has 3 aromatic rings. The first kappa shape index (κ1) is 10.1. The van der Waals surface area contributed by atoms with E-state index in [-0.39, 0.29) is 0 Å². The first-order valence-corrected chi connectivity index (χ1v) is 5.47. The predicted molar refractivity (Wildman–Crippen MR) is 68.7 cm³/mol. The summed E-state index contributed by atoms with van der Waals surface area (Å²) in [6, 6.07) is 9.54. The number of fused-ring (bicyclic) bond motifs is 1. The van der Waals surface area contributed by atoms with Crippen LogP contribution in [-0.4, -0.2) is 15.0 Å². The number of aromatic amines is 1. The zero-order valence-corrected chi connectivity index (χ0v) is 9.57. The van der Waals surface area contributed by atoms with Crippen LogP contribution in [0, 0.1) is 0 Å². The summed E-state index contributed by atoms with van der Waals surface area (Å²) in [6.45, 7) is 0. The smallest absolute Gasteiger partial charge is 0.142 e. The van der Waals surface area contributed by atoms with E-state index in [2.05, 4.69) is 15.0 Å². The summed E-state index contributed by atoms with van der Waals surface area (Å²) < 4.78 is 0. The molecule has 0 saturated carbocycles. The molecule has 0 aliphatic carbocycles. The van der Waals surface area contributed by atoms with Crippen LogP contribution in [0.5, 0.6) is 0 Å². The molecular weight excluding hydrogens is 236 g/mol. The van der Waals surface area contributed by atoms with Crippen LogP contribution in [0.25, 0.3) is 22.3 Å². The van der Waals surface area contributed by atoms with E-state index in [1.54, 1.807) is 0 Å². The fraction of sp³-hybridized carbons (Fsp3) is 0. The topological polar surface area (TPSA) is 67.6 Å². The van der Waals surface area contributed by atoms with Crippen LogP contribution in [0.3, 0.4) is 0 Å². The number of rotatable bonds is 1. The number of anilines is 1. The normalized spacial score (nSPS) is 10.9. The van der Waals surface area contributed by atoms with Crippen molar-refractivity contribution in [1.82, 2.24) is 15.0 Å². The fourth-order valence-corrected chi connectivity index (χ4v) is 1.92. The fourth-order valence-electron chi connectivity index (χ4n) is 1.73. The first-order chi connectivity index (χ1) is 8.24. The Morgan fingerprint density at radius 1 is 1.12 bits per heavy atom. The van der Waals surface area contributed by atoms with E-state index in [0.29, 0.717) is 5.15 Å². The van der Waals surface area contributed by atoms with Gasteiger partial charge in [-0.25, -0.2) is 9.97 Å². The number of nitrogens with one attached hydrogen (secondary N) is 1. The number of nitrogens with zero attached hydrogens (tertiary/aromatic N) is 2. The average Bonchev–Trinajstić information content (AvgIpc) is 2.75. The van der Waals surface area contributed by atoms with Gasteiger partial charge in [0.1, 0.15) is 17.1 Å². The predicted octanol–water partition coefficient (Wildman–Crippen LogP) is 2.86. The number of nitrogen functional groups attached to an aromatic ring is 1. The summed E-state index contributed by atoms with van der Waals surface area (Å²) in [5.41, 5.74) is 9.10. The van der Waals surface area contributed by atoms with Crippen molar-refractivity contribution in [2.45, 2.75) is 0 Å². The van der Waals surface area contributed by atoms with Gasteiger partial charge in [0.2, 0.25) is 0 Å². The second kappa shape index (κ2) is 3.75. The Morgan fingerprint density at radius 2 is 1.88 bits per heavy atom. The number of halogens is 1.